The number of carbonyl (C=O) groups is 6. The minimum absolute atomic E-state index is 0.169. The van der Waals surface area contributed by atoms with E-state index in [-0.39, 0.29) is 28.7 Å². The zero-order valence-electron chi connectivity index (χ0n) is 24.8. The van der Waals surface area contributed by atoms with E-state index in [1.165, 1.54) is 19.9 Å². The topological polar surface area (TPSA) is 240 Å². The van der Waals surface area contributed by atoms with E-state index < -0.39 is 76.1 Å². The van der Waals surface area contributed by atoms with E-state index in [9.17, 15) is 44.1 Å². The van der Waals surface area contributed by atoms with Crippen molar-refractivity contribution in [2.75, 3.05) is 7.11 Å². The zero-order valence-corrected chi connectivity index (χ0v) is 24.8. The molecule has 5 N–H and O–H groups in total. The number of phenols is 2. The maximum absolute atomic E-state index is 12.9. The van der Waals surface area contributed by atoms with Gasteiger partial charge < -0.3 is 44.5 Å². The number of methoxy groups -OCH3 is 1. The normalized spacial score (nSPS) is 11.6. The highest BCUT2D eigenvalue weighted by molar-refractivity contribution is 6.03. The molecule has 1 aliphatic heterocycles. The second-order valence-corrected chi connectivity index (χ2v) is 9.42. The van der Waals surface area contributed by atoms with Crippen LogP contribution in [0, 0.1) is 13.8 Å². The fraction of sp³-hybridized carbons (Fsp3) is 0.125. The summed E-state index contributed by atoms with van der Waals surface area (Å²) < 4.78 is 20.9. The Morgan fingerprint density at radius 2 is 1.55 bits per heavy atom. The molecule has 0 saturated carbocycles. The molecule has 0 aliphatic carbocycles. The quantitative estimate of drug-likeness (QED) is 0.0950. The number of ether oxygens (including phenoxy) is 4. The first-order chi connectivity index (χ1) is 22.2. The number of carbonyl (C=O) groups excluding carboxylic acids is 3. The molecule has 47 heavy (non-hydrogen) atoms. The number of benzene rings is 3. The predicted octanol–water partition coefficient (Wildman–Crippen LogP) is 4.03. The van der Waals surface area contributed by atoms with Crippen LogP contribution in [-0.4, -0.2) is 68.8 Å². The molecule has 15 heteroatoms. The lowest BCUT2D eigenvalue weighted by Crippen LogP contribution is -2.13. The van der Waals surface area contributed by atoms with Crippen molar-refractivity contribution in [3.8, 4) is 34.5 Å². The molecule has 1 aliphatic rings. The van der Waals surface area contributed by atoms with Gasteiger partial charge in [-0.05, 0) is 37.6 Å². The number of aromatic carboxylic acids is 1. The Labute approximate surface area is 265 Å². The molecule has 4 rings (SSSR count). The number of aryl methyl sites for hydroxylation is 1. The number of hydrogen-bond acceptors (Lipinski definition) is 12. The molecule has 0 bridgehead atoms. The number of aldehydes is 1. The third-order valence-electron chi connectivity index (χ3n) is 6.41. The fourth-order valence-electron chi connectivity index (χ4n) is 4.28. The summed E-state index contributed by atoms with van der Waals surface area (Å²) in [6, 6.07) is 8.36. The van der Waals surface area contributed by atoms with Crippen LogP contribution in [0.25, 0.3) is 6.08 Å². The largest absolute Gasteiger partial charge is 0.507 e. The number of aliphatic carboxylic acids is 2. The maximum Gasteiger partial charge on any atom is 0.347 e. The van der Waals surface area contributed by atoms with Crippen LogP contribution in [0.5, 0.6) is 34.5 Å². The molecular weight excluding hydrogens is 624 g/mol. The van der Waals surface area contributed by atoms with Crippen molar-refractivity contribution in [3.63, 3.8) is 0 Å². The van der Waals surface area contributed by atoms with Gasteiger partial charge in [-0.3, -0.25) is 4.79 Å². The van der Waals surface area contributed by atoms with Crippen LogP contribution >= 0.6 is 0 Å². The summed E-state index contributed by atoms with van der Waals surface area (Å²) in [7, 11) is 1.55. The average Bonchev–Trinajstić information content (AvgIpc) is 3.16. The highest BCUT2D eigenvalue weighted by atomic mass is 16.6. The molecule has 0 unspecified atom stereocenters. The van der Waals surface area contributed by atoms with Crippen LogP contribution in [0.1, 0.15) is 53.3 Å². The van der Waals surface area contributed by atoms with E-state index in [2.05, 4.69) is 0 Å². The standard InChI is InChI=1S/C22H16O12.C10H10O3/c1-8-5-12(24)10(6-23)19-15(8)22(31)34-20-11(7-32-14(27)4-3-13(25)26)17(28)16(21(29)30)9(2)18(20)33-19;1-13-9-5-3-2-4-8(9)6-7-10(11)12/h3-6,24,28H,7H2,1-2H3,(H,25,26)(H,29,30);2-7H,1H3,(H,11,12). The predicted molar refractivity (Wildman–Crippen MR) is 159 cm³/mol. The third kappa shape index (κ3) is 7.91. The first-order valence-corrected chi connectivity index (χ1v) is 13.2. The Hall–Kier alpha value is -6.64. The highest BCUT2D eigenvalue weighted by Gasteiger charge is 2.35. The maximum atomic E-state index is 12.9. The van der Waals surface area contributed by atoms with Crippen molar-refractivity contribution in [1.29, 1.82) is 0 Å². The minimum atomic E-state index is -1.60. The second-order valence-electron chi connectivity index (χ2n) is 9.42. The summed E-state index contributed by atoms with van der Waals surface area (Å²) in [4.78, 5) is 68.9. The number of rotatable bonds is 9. The van der Waals surface area contributed by atoms with Crippen LogP contribution in [0.4, 0.5) is 0 Å². The molecule has 3 aromatic rings. The van der Waals surface area contributed by atoms with Gasteiger partial charge in [-0.1, -0.05) is 18.2 Å². The summed E-state index contributed by atoms with van der Waals surface area (Å²) in [6.45, 7) is 1.83. The number of phenolic OH excluding ortho intramolecular Hbond substituents is 1. The Morgan fingerprint density at radius 1 is 0.894 bits per heavy atom. The molecule has 0 spiro atoms. The lowest BCUT2D eigenvalue weighted by Gasteiger charge is -2.18. The molecule has 0 atom stereocenters. The first kappa shape index (κ1) is 34.8. The van der Waals surface area contributed by atoms with E-state index in [1.807, 2.05) is 12.1 Å². The fourth-order valence-corrected chi connectivity index (χ4v) is 4.28. The van der Waals surface area contributed by atoms with Crippen LogP contribution in [-0.2, 0) is 25.7 Å². The van der Waals surface area contributed by atoms with Crippen molar-refractivity contribution in [2.45, 2.75) is 20.5 Å². The number of carboxylic acid groups (broad SMARTS) is 3. The Bertz CT molecular complexity index is 1850. The van der Waals surface area contributed by atoms with Crippen molar-refractivity contribution in [2.24, 2.45) is 0 Å². The summed E-state index contributed by atoms with van der Waals surface area (Å²) in [5.41, 5.74) is -1.05. The molecule has 0 saturated heterocycles. The molecular formula is C32H26O15. The molecule has 0 aromatic heterocycles. The van der Waals surface area contributed by atoms with E-state index in [0.717, 1.165) is 17.7 Å². The van der Waals surface area contributed by atoms with Gasteiger partial charge in [0.2, 0.25) is 0 Å². The lowest BCUT2D eigenvalue weighted by molar-refractivity contribution is -0.140. The smallest absolute Gasteiger partial charge is 0.347 e. The molecule has 0 radical (unpaired) electrons. The van der Waals surface area contributed by atoms with Gasteiger partial charge in [0, 0.05) is 29.4 Å². The van der Waals surface area contributed by atoms with Crippen LogP contribution in [0.15, 0.2) is 48.6 Å². The Balaban J connectivity index is 0.000000386. The van der Waals surface area contributed by atoms with Crippen molar-refractivity contribution < 1.29 is 73.2 Å². The number of esters is 2. The Kier molecular flexibility index (Phi) is 11.0. The van der Waals surface area contributed by atoms with Gasteiger partial charge >= 0.3 is 29.8 Å². The number of fused-ring (bicyclic) bond motifs is 2. The van der Waals surface area contributed by atoms with Crippen LogP contribution in [0.2, 0.25) is 0 Å². The monoisotopic (exact) mass is 650 g/mol. The van der Waals surface area contributed by atoms with Crippen LogP contribution in [0.3, 0.4) is 0 Å². The van der Waals surface area contributed by atoms with Crippen LogP contribution < -0.4 is 14.2 Å². The van der Waals surface area contributed by atoms with Crippen molar-refractivity contribution >= 4 is 42.2 Å². The molecule has 15 nitrogen and oxygen atoms in total. The van der Waals surface area contributed by atoms with Gasteiger partial charge in [-0.25, -0.2) is 24.0 Å². The van der Waals surface area contributed by atoms with Gasteiger partial charge in [-0.2, -0.15) is 0 Å². The second kappa shape index (κ2) is 14.9. The van der Waals surface area contributed by atoms with E-state index in [1.54, 1.807) is 19.2 Å². The number of carboxylic acids is 3. The van der Waals surface area contributed by atoms with E-state index in [4.69, 9.17) is 29.2 Å². The number of aromatic hydroxyl groups is 2. The molecule has 3 aromatic carbocycles. The SMILES string of the molecule is COc1ccccc1C=CC(=O)O.Cc1cc(O)c(C=O)c2c1C(=O)Oc1c(COC(=O)C=CC(=O)O)c(O)c(C(=O)O)c(C)c1O2. The molecule has 244 valence electrons. The summed E-state index contributed by atoms with van der Waals surface area (Å²) in [5.74, 6) is -8.21. The van der Waals surface area contributed by atoms with Gasteiger partial charge in [0.1, 0.15) is 35.0 Å². The summed E-state index contributed by atoms with van der Waals surface area (Å²) in [5, 5.41) is 47.3. The highest BCUT2D eigenvalue weighted by Crippen LogP contribution is 2.50. The van der Waals surface area contributed by atoms with Gasteiger partial charge in [-0.15, -0.1) is 0 Å². The van der Waals surface area contributed by atoms with Crippen molar-refractivity contribution in [1.82, 2.24) is 0 Å². The number of hydrogen-bond donors (Lipinski definition) is 5. The summed E-state index contributed by atoms with van der Waals surface area (Å²) in [6.07, 6.45) is 3.89. The number of para-hydroxylation sites is 1. The van der Waals surface area contributed by atoms with E-state index >= 15 is 0 Å². The first-order valence-electron chi connectivity index (χ1n) is 13.2. The minimum Gasteiger partial charge on any atom is -0.507 e. The molecule has 0 fully saturated rings. The van der Waals surface area contributed by atoms with Crippen molar-refractivity contribution in [3.05, 3.63) is 87.5 Å². The average molecular weight is 651 g/mol. The zero-order chi connectivity index (χ0) is 35.0. The van der Waals surface area contributed by atoms with E-state index in [0.29, 0.717) is 17.9 Å². The van der Waals surface area contributed by atoms with Gasteiger partial charge in [0.15, 0.2) is 23.5 Å². The molecule has 1 heterocycles. The Morgan fingerprint density at radius 3 is 2.15 bits per heavy atom. The van der Waals surface area contributed by atoms with Gasteiger partial charge in [0.25, 0.3) is 0 Å². The van der Waals surface area contributed by atoms with Gasteiger partial charge in [0.05, 0.1) is 18.2 Å². The molecule has 0 amide bonds. The third-order valence-corrected chi connectivity index (χ3v) is 6.41. The summed E-state index contributed by atoms with van der Waals surface area (Å²) >= 11 is 0. The lowest BCUT2D eigenvalue weighted by atomic mass is 10.0.